The Labute approximate surface area is 213 Å². The molecule has 10 heteroatoms. The molecule has 0 fully saturated rings. The lowest BCUT2D eigenvalue weighted by Crippen LogP contribution is -2.51. The van der Waals surface area contributed by atoms with E-state index in [2.05, 4.69) is 5.32 Å². The second kappa shape index (κ2) is 12.8. The summed E-state index contributed by atoms with van der Waals surface area (Å²) in [5, 5.41) is 3.15. The van der Waals surface area contributed by atoms with Crippen molar-refractivity contribution in [3.63, 3.8) is 0 Å². The van der Waals surface area contributed by atoms with Crippen LogP contribution in [0.5, 0.6) is 5.75 Å². The van der Waals surface area contributed by atoms with Crippen LogP contribution < -0.4 is 14.4 Å². The second-order valence-electron chi connectivity index (χ2n) is 8.35. The summed E-state index contributed by atoms with van der Waals surface area (Å²) < 4.78 is 31.7. The highest BCUT2D eigenvalue weighted by Crippen LogP contribution is 2.33. The van der Waals surface area contributed by atoms with Crippen LogP contribution in [0.1, 0.15) is 37.8 Å². The number of halogens is 1. The van der Waals surface area contributed by atoms with Gasteiger partial charge in [-0.1, -0.05) is 49.2 Å². The molecule has 0 aliphatic carbocycles. The number of benzene rings is 2. The summed E-state index contributed by atoms with van der Waals surface area (Å²) in [6, 6.07) is 11.3. The molecule has 2 amide bonds. The van der Waals surface area contributed by atoms with E-state index in [-0.39, 0.29) is 23.9 Å². The van der Waals surface area contributed by atoms with E-state index in [4.69, 9.17) is 16.3 Å². The highest BCUT2D eigenvalue weighted by molar-refractivity contribution is 7.92. The van der Waals surface area contributed by atoms with Gasteiger partial charge in [-0.3, -0.25) is 13.9 Å². The van der Waals surface area contributed by atoms with Crippen LogP contribution in [0.15, 0.2) is 42.5 Å². The molecule has 0 radical (unpaired) electrons. The SMILES string of the molecule is CCCCNC(=O)C(C)N(Cc1ccccc1C)C(=O)CN(c1cc(Cl)ccc1OC)S(C)(=O)=O. The maximum Gasteiger partial charge on any atom is 0.244 e. The Morgan fingerprint density at radius 1 is 1.17 bits per heavy atom. The van der Waals surface area contributed by atoms with E-state index < -0.39 is 28.5 Å². The number of hydrogen-bond donors (Lipinski definition) is 1. The topological polar surface area (TPSA) is 96.0 Å². The van der Waals surface area contributed by atoms with E-state index in [0.29, 0.717) is 11.6 Å². The van der Waals surface area contributed by atoms with Gasteiger partial charge in [-0.2, -0.15) is 0 Å². The summed E-state index contributed by atoms with van der Waals surface area (Å²) >= 11 is 6.12. The monoisotopic (exact) mass is 523 g/mol. The van der Waals surface area contributed by atoms with Gasteiger partial charge in [0.2, 0.25) is 21.8 Å². The lowest BCUT2D eigenvalue weighted by Gasteiger charge is -2.32. The minimum absolute atomic E-state index is 0.145. The zero-order valence-corrected chi connectivity index (χ0v) is 22.4. The van der Waals surface area contributed by atoms with E-state index in [0.717, 1.165) is 34.5 Å². The first-order valence-electron chi connectivity index (χ1n) is 11.4. The van der Waals surface area contributed by atoms with E-state index in [1.807, 2.05) is 38.1 Å². The van der Waals surface area contributed by atoms with Gasteiger partial charge in [0.15, 0.2) is 0 Å². The molecular formula is C25H34ClN3O5S. The van der Waals surface area contributed by atoms with Crippen LogP contribution in [-0.4, -0.2) is 57.6 Å². The average molecular weight is 524 g/mol. The lowest BCUT2D eigenvalue weighted by molar-refractivity contribution is -0.139. The normalized spacial score (nSPS) is 12.1. The van der Waals surface area contributed by atoms with Gasteiger partial charge in [0.05, 0.1) is 19.1 Å². The summed E-state index contributed by atoms with van der Waals surface area (Å²) in [5.74, 6) is -0.575. The molecular weight excluding hydrogens is 490 g/mol. The number of anilines is 1. The minimum atomic E-state index is -3.89. The van der Waals surface area contributed by atoms with Crippen molar-refractivity contribution in [2.75, 3.05) is 30.8 Å². The van der Waals surface area contributed by atoms with Crippen LogP contribution in [0.4, 0.5) is 5.69 Å². The number of methoxy groups -OCH3 is 1. The van der Waals surface area contributed by atoms with Crippen molar-refractivity contribution in [2.24, 2.45) is 0 Å². The molecule has 1 N–H and O–H groups in total. The fraction of sp³-hybridized carbons (Fsp3) is 0.440. The standard InChI is InChI=1S/C25H34ClN3O5S/c1-6-7-14-27-25(31)19(3)28(16-20-11-9-8-10-18(20)2)24(30)17-29(35(5,32)33)22-15-21(26)12-13-23(22)34-4/h8-13,15,19H,6-7,14,16-17H2,1-5H3,(H,27,31). The molecule has 0 spiro atoms. The molecule has 1 atom stereocenters. The number of nitrogens with zero attached hydrogens (tertiary/aromatic N) is 2. The smallest absolute Gasteiger partial charge is 0.244 e. The van der Waals surface area contributed by atoms with Gasteiger partial charge in [-0.05, 0) is 49.6 Å². The Hall–Kier alpha value is -2.78. The molecule has 0 heterocycles. The first-order chi connectivity index (χ1) is 16.5. The number of amides is 2. The molecule has 1 unspecified atom stereocenters. The Morgan fingerprint density at radius 3 is 2.46 bits per heavy atom. The third-order valence-electron chi connectivity index (χ3n) is 5.69. The number of carbonyl (C=O) groups is 2. The van der Waals surface area contributed by atoms with Crippen LogP contribution in [0.2, 0.25) is 5.02 Å². The number of ether oxygens (including phenoxy) is 1. The summed E-state index contributed by atoms with van der Waals surface area (Å²) in [4.78, 5) is 27.9. The Morgan fingerprint density at radius 2 is 1.86 bits per heavy atom. The maximum absolute atomic E-state index is 13.6. The van der Waals surface area contributed by atoms with E-state index >= 15 is 0 Å². The van der Waals surface area contributed by atoms with E-state index in [1.54, 1.807) is 13.0 Å². The maximum atomic E-state index is 13.6. The van der Waals surface area contributed by atoms with E-state index in [1.165, 1.54) is 24.1 Å². The molecule has 2 rings (SSSR count). The molecule has 0 aliphatic heterocycles. The van der Waals surface area contributed by atoms with Crippen molar-refractivity contribution in [1.82, 2.24) is 10.2 Å². The predicted octanol–water partition coefficient (Wildman–Crippen LogP) is 3.76. The minimum Gasteiger partial charge on any atom is -0.495 e. The number of aryl methyl sites for hydroxylation is 1. The summed E-state index contributed by atoms with van der Waals surface area (Å²) in [6.07, 6.45) is 2.75. The molecule has 2 aromatic rings. The number of rotatable bonds is 12. The van der Waals surface area contributed by atoms with Gasteiger partial charge in [0.1, 0.15) is 18.3 Å². The van der Waals surface area contributed by atoms with Crippen molar-refractivity contribution in [1.29, 1.82) is 0 Å². The molecule has 0 aliphatic rings. The van der Waals surface area contributed by atoms with Gasteiger partial charge < -0.3 is 15.0 Å². The Kier molecular flexibility index (Phi) is 10.4. The Balaban J connectivity index is 2.43. The van der Waals surface area contributed by atoms with Crippen LogP contribution in [0.3, 0.4) is 0 Å². The lowest BCUT2D eigenvalue weighted by atomic mass is 10.1. The van der Waals surface area contributed by atoms with Crippen LogP contribution in [0.25, 0.3) is 0 Å². The van der Waals surface area contributed by atoms with Crippen molar-refractivity contribution < 1.29 is 22.7 Å². The molecule has 0 bridgehead atoms. The number of nitrogens with one attached hydrogen (secondary N) is 1. The fourth-order valence-electron chi connectivity index (χ4n) is 3.54. The van der Waals surface area contributed by atoms with Crippen LogP contribution >= 0.6 is 11.6 Å². The first kappa shape index (κ1) is 28.5. The Bertz CT molecular complexity index is 1140. The third kappa shape index (κ3) is 7.86. The molecule has 0 saturated heterocycles. The number of carbonyl (C=O) groups excluding carboxylic acids is 2. The number of unbranched alkanes of at least 4 members (excludes halogenated alkanes) is 1. The van der Waals surface area contributed by atoms with Crippen molar-refractivity contribution in [2.45, 2.75) is 46.2 Å². The zero-order chi connectivity index (χ0) is 26.2. The second-order valence-corrected chi connectivity index (χ2v) is 10.7. The molecule has 192 valence electrons. The highest BCUT2D eigenvalue weighted by Gasteiger charge is 2.31. The summed E-state index contributed by atoms with van der Waals surface area (Å²) in [7, 11) is -2.49. The number of sulfonamides is 1. The fourth-order valence-corrected chi connectivity index (χ4v) is 4.55. The van der Waals surface area contributed by atoms with Gasteiger partial charge >= 0.3 is 0 Å². The third-order valence-corrected chi connectivity index (χ3v) is 7.05. The van der Waals surface area contributed by atoms with Crippen molar-refractivity contribution in [3.05, 3.63) is 58.6 Å². The number of hydrogen-bond acceptors (Lipinski definition) is 5. The van der Waals surface area contributed by atoms with Crippen molar-refractivity contribution >= 4 is 39.1 Å². The zero-order valence-electron chi connectivity index (χ0n) is 20.9. The van der Waals surface area contributed by atoms with Crippen LogP contribution in [0, 0.1) is 6.92 Å². The largest absolute Gasteiger partial charge is 0.495 e. The molecule has 2 aromatic carbocycles. The molecule has 35 heavy (non-hydrogen) atoms. The molecule has 8 nitrogen and oxygen atoms in total. The summed E-state index contributed by atoms with van der Waals surface area (Å²) in [5.41, 5.74) is 1.97. The predicted molar refractivity (Wildman–Crippen MR) is 139 cm³/mol. The van der Waals surface area contributed by atoms with Gasteiger partial charge in [-0.15, -0.1) is 0 Å². The quantitative estimate of drug-likeness (QED) is 0.427. The van der Waals surface area contributed by atoms with Crippen LogP contribution in [-0.2, 0) is 26.2 Å². The van der Waals surface area contributed by atoms with Crippen molar-refractivity contribution in [3.8, 4) is 5.75 Å². The molecule has 0 saturated carbocycles. The van der Waals surface area contributed by atoms with Gasteiger partial charge in [0.25, 0.3) is 0 Å². The highest BCUT2D eigenvalue weighted by atomic mass is 35.5. The summed E-state index contributed by atoms with van der Waals surface area (Å²) in [6.45, 7) is 5.71. The van der Waals surface area contributed by atoms with E-state index in [9.17, 15) is 18.0 Å². The average Bonchev–Trinajstić information content (AvgIpc) is 2.80. The first-order valence-corrected chi connectivity index (χ1v) is 13.6. The van der Waals surface area contributed by atoms with Gasteiger partial charge in [0, 0.05) is 18.1 Å². The molecule has 0 aromatic heterocycles. The van der Waals surface area contributed by atoms with Gasteiger partial charge in [-0.25, -0.2) is 8.42 Å².